The van der Waals surface area contributed by atoms with Gasteiger partial charge in [-0.1, -0.05) is 32.6 Å². The van der Waals surface area contributed by atoms with Crippen LogP contribution in [0.3, 0.4) is 0 Å². The molecule has 0 radical (unpaired) electrons. The molecule has 0 aromatic heterocycles. The fourth-order valence-electron chi connectivity index (χ4n) is 3.19. The summed E-state index contributed by atoms with van der Waals surface area (Å²) in [5, 5.41) is 2.95. The van der Waals surface area contributed by atoms with Crippen LogP contribution in [-0.4, -0.2) is 35.8 Å². The van der Waals surface area contributed by atoms with Crippen LogP contribution in [0.25, 0.3) is 0 Å². The van der Waals surface area contributed by atoms with E-state index in [-0.39, 0.29) is 17.7 Å². The number of likely N-dealkylation sites (tertiary alicyclic amines) is 1. The number of unbranched alkanes of at least 4 members (excludes halogenated alkanes) is 1. The summed E-state index contributed by atoms with van der Waals surface area (Å²) >= 11 is 0. The highest BCUT2D eigenvalue weighted by molar-refractivity contribution is 5.89. The van der Waals surface area contributed by atoms with Crippen LogP contribution in [-0.2, 0) is 9.59 Å². The molecule has 19 heavy (non-hydrogen) atoms. The quantitative estimate of drug-likeness (QED) is 0.775. The zero-order valence-corrected chi connectivity index (χ0v) is 12.0. The van der Waals surface area contributed by atoms with E-state index in [1.165, 1.54) is 19.3 Å². The van der Waals surface area contributed by atoms with Gasteiger partial charge < -0.3 is 10.2 Å². The number of hydrogen-bond acceptors (Lipinski definition) is 2. The molecule has 0 spiro atoms. The third-order valence-corrected chi connectivity index (χ3v) is 4.37. The maximum atomic E-state index is 12.1. The molecular formula is C15H26N2O2. The van der Waals surface area contributed by atoms with Gasteiger partial charge in [0.2, 0.25) is 11.8 Å². The Morgan fingerprint density at radius 1 is 1.32 bits per heavy atom. The van der Waals surface area contributed by atoms with Crippen LogP contribution in [0.5, 0.6) is 0 Å². The van der Waals surface area contributed by atoms with Crippen LogP contribution < -0.4 is 5.32 Å². The lowest BCUT2D eigenvalue weighted by atomic mass is 9.94. The summed E-state index contributed by atoms with van der Waals surface area (Å²) in [6.45, 7) is 3.49. The smallest absolute Gasteiger partial charge is 0.225 e. The van der Waals surface area contributed by atoms with Gasteiger partial charge in [0, 0.05) is 25.6 Å². The normalized spacial score (nSPS) is 24.8. The molecule has 2 amide bonds. The Balaban J connectivity index is 1.82. The monoisotopic (exact) mass is 266 g/mol. The third kappa shape index (κ3) is 3.71. The van der Waals surface area contributed by atoms with E-state index in [0.29, 0.717) is 19.0 Å². The van der Waals surface area contributed by atoms with Crippen molar-refractivity contribution in [1.29, 1.82) is 0 Å². The molecule has 0 aromatic carbocycles. The standard InChI is InChI=1S/C15H26N2O2/c1-2-3-9-16-15(19)12-10-14(18)17(11-12)13-7-5-4-6-8-13/h12-13H,2-11H2,1H3,(H,16,19)/t12-/m0/s1. The van der Waals surface area contributed by atoms with E-state index < -0.39 is 0 Å². The average Bonchev–Trinajstić information content (AvgIpc) is 2.82. The maximum absolute atomic E-state index is 12.1. The van der Waals surface area contributed by atoms with Gasteiger partial charge in [-0.2, -0.15) is 0 Å². The Hall–Kier alpha value is -1.06. The lowest BCUT2D eigenvalue weighted by Crippen LogP contribution is -2.39. The Labute approximate surface area is 115 Å². The van der Waals surface area contributed by atoms with Crippen molar-refractivity contribution in [3.8, 4) is 0 Å². The first-order chi connectivity index (χ1) is 9.22. The molecule has 4 nitrogen and oxygen atoms in total. The van der Waals surface area contributed by atoms with Crippen molar-refractivity contribution in [1.82, 2.24) is 10.2 Å². The van der Waals surface area contributed by atoms with Gasteiger partial charge in [-0.3, -0.25) is 9.59 Å². The van der Waals surface area contributed by atoms with Gasteiger partial charge >= 0.3 is 0 Å². The zero-order valence-electron chi connectivity index (χ0n) is 12.0. The van der Waals surface area contributed by atoms with Crippen molar-refractivity contribution >= 4 is 11.8 Å². The minimum absolute atomic E-state index is 0.0695. The van der Waals surface area contributed by atoms with Crippen LogP contribution in [0.1, 0.15) is 58.3 Å². The molecule has 2 aliphatic rings. The Morgan fingerprint density at radius 3 is 2.74 bits per heavy atom. The first-order valence-electron chi connectivity index (χ1n) is 7.79. The Kier molecular flexibility index (Phi) is 5.23. The van der Waals surface area contributed by atoms with Crippen LogP contribution in [0.15, 0.2) is 0 Å². The van der Waals surface area contributed by atoms with Crippen molar-refractivity contribution in [3.63, 3.8) is 0 Å². The topological polar surface area (TPSA) is 49.4 Å². The van der Waals surface area contributed by atoms with Crippen molar-refractivity contribution < 1.29 is 9.59 Å². The van der Waals surface area contributed by atoms with E-state index in [1.54, 1.807) is 0 Å². The van der Waals surface area contributed by atoms with Crippen molar-refractivity contribution in [2.75, 3.05) is 13.1 Å². The second-order valence-electron chi connectivity index (χ2n) is 5.88. The second kappa shape index (κ2) is 6.92. The lowest BCUT2D eigenvalue weighted by Gasteiger charge is -2.31. The molecule has 1 aliphatic carbocycles. The van der Waals surface area contributed by atoms with Crippen LogP contribution in [0.4, 0.5) is 0 Å². The highest BCUT2D eigenvalue weighted by atomic mass is 16.2. The van der Waals surface area contributed by atoms with Crippen molar-refractivity contribution in [2.24, 2.45) is 5.92 Å². The van der Waals surface area contributed by atoms with Gasteiger partial charge in [0.05, 0.1) is 5.92 Å². The predicted molar refractivity (Wildman–Crippen MR) is 74.6 cm³/mol. The number of hydrogen-bond donors (Lipinski definition) is 1. The van der Waals surface area contributed by atoms with Crippen LogP contribution >= 0.6 is 0 Å². The summed E-state index contributed by atoms with van der Waals surface area (Å²) in [6, 6.07) is 0.398. The minimum Gasteiger partial charge on any atom is -0.356 e. The van der Waals surface area contributed by atoms with Gasteiger partial charge in [-0.15, -0.1) is 0 Å². The number of nitrogens with one attached hydrogen (secondary N) is 1. The summed E-state index contributed by atoms with van der Waals surface area (Å²) in [6.07, 6.45) is 8.49. The van der Waals surface area contributed by atoms with E-state index in [4.69, 9.17) is 0 Å². The minimum atomic E-state index is -0.119. The number of nitrogens with zero attached hydrogens (tertiary/aromatic N) is 1. The molecule has 108 valence electrons. The molecular weight excluding hydrogens is 240 g/mol. The molecule has 1 aliphatic heterocycles. The molecule has 1 heterocycles. The molecule has 2 rings (SSSR count). The van der Waals surface area contributed by atoms with E-state index in [9.17, 15) is 9.59 Å². The molecule has 0 bridgehead atoms. The molecule has 0 aromatic rings. The van der Waals surface area contributed by atoms with E-state index in [0.717, 1.165) is 32.2 Å². The first kappa shape index (κ1) is 14.4. The molecule has 4 heteroatoms. The largest absolute Gasteiger partial charge is 0.356 e. The number of carbonyl (C=O) groups is 2. The second-order valence-corrected chi connectivity index (χ2v) is 5.88. The highest BCUT2D eigenvalue weighted by Gasteiger charge is 2.37. The summed E-state index contributed by atoms with van der Waals surface area (Å²) in [5.41, 5.74) is 0. The highest BCUT2D eigenvalue weighted by Crippen LogP contribution is 2.28. The van der Waals surface area contributed by atoms with Crippen LogP contribution in [0.2, 0.25) is 0 Å². The summed E-state index contributed by atoms with van der Waals surface area (Å²) in [7, 11) is 0. The Bertz CT molecular complexity index is 324. The summed E-state index contributed by atoms with van der Waals surface area (Å²) < 4.78 is 0. The number of rotatable bonds is 5. The fraction of sp³-hybridized carbons (Fsp3) is 0.867. The molecule has 1 saturated heterocycles. The molecule has 1 atom stereocenters. The summed E-state index contributed by atoms with van der Waals surface area (Å²) in [4.78, 5) is 26.0. The average molecular weight is 266 g/mol. The van der Waals surface area contributed by atoms with Gasteiger partial charge in [-0.05, 0) is 19.3 Å². The van der Waals surface area contributed by atoms with Crippen LogP contribution in [0, 0.1) is 5.92 Å². The van der Waals surface area contributed by atoms with Crippen molar-refractivity contribution in [3.05, 3.63) is 0 Å². The van der Waals surface area contributed by atoms with Gasteiger partial charge in [0.15, 0.2) is 0 Å². The van der Waals surface area contributed by atoms with Crippen molar-refractivity contribution in [2.45, 2.75) is 64.3 Å². The fourth-order valence-corrected chi connectivity index (χ4v) is 3.19. The SMILES string of the molecule is CCCCNC(=O)[C@H]1CC(=O)N(C2CCCCC2)C1. The maximum Gasteiger partial charge on any atom is 0.225 e. The van der Waals surface area contributed by atoms with E-state index in [1.807, 2.05) is 4.90 Å². The summed E-state index contributed by atoms with van der Waals surface area (Å²) in [5.74, 6) is 0.133. The first-order valence-corrected chi connectivity index (χ1v) is 7.79. The van der Waals surface area contributed by atoms with Gasteiger partial charge in [-0.25, -0.2) is 0 Å². The Morgan fingerprint density at radius 2 is 2.05 bits per heavy atom. The third-order valence-electron chi connectivity index (χ3n) is 4.37. The van der Waals surface area contributed by atoms with Gasteiger partial charge in [0.25, 0.3) is 0 Å². The molecule has 1 N–H and O–H groups in total. The zero-order chi connectivity index (χ0) is 13.7. The number of amides is 2. The molecule has 1 saturated carbocycles. The number of carbonyl (C=O) groups excluding carboxylic acids is 2. The van der Waals surface area contributed by atoms with E-state index >= 15 is 0 Å². The predicted octanol–water partition coefficient (Wildman–Crippen LogP) is 2.08. The molecule has 2 fully saturated rings. The van der Waals surface area contributed by atoms with Gasteiger partial charge in [0.1, 0.15) is 0 Å². The van der Waals surface area contributed by atoms with E-state index in [2.05, 4.69) is 12.2 Å². The lowest BCUT2D eigenvalue weighted by molar-refractivity contribution is -0.130. The molecule has 0 unspecified atom stereocenters.